The highest BCUT2D eigenvalue weighted by molar-refractivity contribution is 5.89. The second-order valence-electron chi connectivity index (χ2n) is 4.76. The zero-order chi connectivity index (χ0) is 13.9. The van der Waals surface area contributed by atoms with Crippen LogP contribution in [-0.2, 0) is 4.79 Å². The summed E-state index contributed by atoms with van der Waals surface area (Å²) in [6, 6.07) is 4.97. The molecule has 0 atom stereocenters. The number of halogens is 1. The molecule has 1 aromatic carbocycles. The molecule has 1 saturated carbocycles. The number of amides is 2. The number of carboxylic acids is 1. The molecule has 1 aliphatic rings. The first-order chi connectivity index (χ1) is 9.02. The second-order valence-corrected chi connectivity index (χ2v) is 4.76. The Balaban J connectivity index is 1.87. The number of urea groups is 1. The van der Waals surface area contributed by atoms with Crippen molar-refractivity contribution in [2.75, 3.05) is 11.9 Å². The fourth-order valence-corrected chi connectivity index (χ4v) is 2.06. The summed E-state index contributed by atoms with van der Waals surface area (Å²) < 4.78 is 12.9. The molecule has 3 N–H and O–H groups in total. The highest BCUT2D eigenvalue weighted by Gasteiger charge is 2.44. The molecule has 1 fully saturated rings. The molecule has 0 unspecified atom stereocenters. The van der Waals surface area contributed by atoms with Gasteiger partial charge in [0.1, 0.15) is 5.82 Å². The fraction of sp³-hybridized carbons (Fsp3) is 0.385. The van der Waals surface area contributed by atoms with E-state index in [4.69, 9.17) is 5.11 Å². The maximum atomic E-state index is 12.9. The summed E-state index contributed by atoms with van der Waals surface area (Å²) >= 11 is 0. The predicted octanol–water partition coefficient (Wildman–Crippen LogP) is 2.20. The third-order valence-electron chi connectivity index (χ3n) is 3.43. The first-order valence-corrected chi connectivity index (χ1v) is 6.06. The van der Waals surface area contributed by atoms with Crippen LogP contribution in [0.15, 0.2) is 24.3 Å². The molecule has 0 bridgehead atoms. The first-order valence-electron chi connectivity index (χ1n) is 6.06. The Morgan fingerprint density at radius 2 is 2.11 bits per heavy atom. The van der Waals surface area contributed by atoms with Crippen LogP contribution in [-0.4, -0.2) is 23.7 Å². The normalized spacial score (nSPS) is 16.3. The lowest BCUT2D eigenvalue weighted by molar-refractivity contribution is -0.153. The molecule has 2 rings (SSSR count). The van der Waals surface area contributed by atoms with Gasteiger partial charge in [-0.3, -0.25) is 4.79 Å². The van der Waals surface area contributed by atoms with Crippen LogP contribution in [0.1, 0.15) is 19.3 Å². The molecule has 0 saturated heterocycles. The van der Waals surface area contributed by atoms with Crippen molar-refractivity contribution in [3.05, 3.63) is 30.1 Å². The SMILES string of the molecule is O=C(NCC1(C(=O)O)CCC1)Nc1cccc(F)c1. The lowest BCUT2D eigenvalue weighted by Gasteiger charge is -2.37. The number of anilines is 1. The van der Waals surface area contributed by atoms with Crippen molar-refractivity contribution >= 4 is 17.7 Å². The molecule has 1 aromatic rings. The van der Waals surface area contributed by atoms with Gasteiger partial charge in [-0.25, -0.2) is 9.18 Å². The third-order valence-corrected chi connectivity index (χ3v) is 3.43. The molecular weight excluding hydrogens is 251 g/mol. The quantitative estimate of drug-likeness (QED) is 0.781. The van der Waals surface area contributed by atoms with Crippen LogP contribution in [0.5, 0.6) is 0 Å². The van der Waals surface area contributed by atoms with Gasteiger partial charge < -0.3 is 15.7 Å². The third kappa shape index (κ3) is 3.01. The second kappa shape index (κ2) is 5.26. The van der Waals surface area contributed by atoms with Crippen molar-refractivity contribution in [2.45, 2.75) is 19.3 Å². The van der Waals surface area contributed by atoms with E-state index in [1.165, 1.54) is 18.2 Å². The van der Waals surface area contributed by atoms with Crippen molar-refractivity contribution in [1.29, 1.82) is 0 Å². The maximum Gasteiger partial charge on any atom is 0.319 e. The number of aliphatic carboxylic acids is 1. The Bertz CT molecular complexity index is 500. The molecular formula is C13H15FN2O3. The summed E-state index contributed by atoms with van der Waals surface area (Å²) in [5.41, 5.74) is -0.505. The van der Waals surface area contributed by atoms with Crippen molar-refractivity contribution in [3.8, 4) is 0 Å². The number of carbonyl (C=O) groups excluding carboxylic acids is 1. The minimum absolute atomic E-state index is 0.0868. The lowest BCUT2D eigenvalue weighted by atomic mass is 9.69. The molecule has 0 aromatic heterocycles. The summed E-state index contributed by atoms with van der Waals surface area (Å²) in [6.07, 6.45) is 2.00. The monoisotopic (exact) mass is 266 g/mol. The molecule has 2 amide bonds. The topological polar surface area (TPSA) is 78.4 Å². The number of rotatable bonds is 4. The van der Waals surface area contributed by atoms with Gasteiger partial charge in [0.2, 0.25) is 0 Å². The highest BCUT2D eigenvalue weighted by Crippen LogP contribution is 2.40. The average molecular weight is 266 g/mol. The van der Waals surface area contributed by atoms with E-state index in [1.807, 2.05) is 0 Å². The largest absolute Gasteiger partial charge is 0.481 e. The summed E-state index contributed by atoms with van der Waals surface area (Å²) in [7, 11) is 0. The van der Waals surface area contributed by atoms with Crippen molar-refractivity contribution < 1.29 is 19.1 Å². The molecule has 19 heavy (non-hydrogen) atoms. The predicted molar refractivity (Wildman–Crippen MR) is 67.3 cm³/mol. The van der Waals surface area contributed by atoms with Gasteiger partial charge in [0, 0.05) is 12.2 Å². The van der Waals surface area contributed by atoms with Crippen LogP contribution in [0.25, 0.3) is 0 Å². The standard InChI is InChI=1S/C13H15FN2O3/c14-9-3-1-4-10(7-9)16-12(19)15-8-13(11(17)18)5-2-6-13/h1,3-4,7H,2,5-6,8H2,(H,17,18)(H2,15,16,19). The van der Waals surface area contributed by atoms with Gasteiger partial charge in [-0.1, -0.05) is 12.5 Å². The van der Waals surface area contributed by atoms with Gasteiger partial charge >= 0.3 is 12.0 Å². The van der Waals surface area contributed by atoms with E-state index in [0.717, 1.165) is 6.42 Å². The van der Waals surface area contributed by atoms with Gasteiger partial charge in [-0.15, -0.1) is 0 Å². The summed E-state index contributed by atoms with van der Waals surface area (Å²) in [5, 5.41) is 14.1. The van der Waals surface area contributed by atoms with E-state index in [9.17, 15) is 14.0 Å². The number of carbonyl (C=O) groups is 2. The van der Waals surface area contributed by atoms with E-state index in [1.54, 1.807) is 6.07 Å². The van der Waals surface area contributed by atoms with E-state index in [0.29, 0.717) is 18.5 Å². The van der Waals surface area contributed by atoms with Crippen LogP contribution in [0, 0.1) is 11.2 Å². The van der Waals surface area contributed by atoms with Gasteiger partial charge in [0.05, 0.1) is 5.41 Å². The number of hydrogen-bond donors (Lipinski definition) is 3. The lowest BCUT2D eigenvalue weighted by Crippen LogP contribution is -2.48. The van der Waals surface area contributed by atoms with Crippen LogP contribution in [0.2, 0.25) is 0 Å². The van der Waals surface area contributed by atoms with Gasteiger partial charge in [0.25, 0.3) is 0 Å². The number of benzene rings is 1. The summed E-state index contributed by atoms with van der Waals surface area (Å²) in [6.45, 7) is 0.0868. The molecule has 102 valence electrons. The minimum atomic E-state index is -0.884. The van der Waals surface area contributed by atoms with Gasteiger partial charge in [-0.05, 0) is 31.0 Å². The molecule has 0 spiro atoms. The Labute approximate surface area is 109 Å². The van der Waals surface area contributed by atoms with Gasteiger partial charge in [0.15, 0.2) is 0 Å². The number of hydrogen-bond acceptors (Lipinski definition) is 2. The van der Waals surface area contributed by atoms with Crippen molar-refractivity contribution in [1.82, 2.24) is 5.32 Å². The van der Waals surface area contributed by atoms with Crippen molar-refractivity contribution in [3.63, 3.8) is 0 Å². The average Bonchev–Trinajstić information content (AvgIpc) is 2.26. The molecule has 0 radical (unpaired) electrons. The van der Waals surface area contributed by atoms with Crippen LogP contribution in [0.3, 0.4) is 0 Å². The first kappa shape index (κ1) is 13.3. The van der Waals surface area contributed by atoms with Crippen LogP contribution >= 0.6 is 0 Å². The molecule has 0 aliphatic heterocycles. The molecule has 1 aliphatic carbocycles. The minimum Gasteiger partial charge on any atom is -0.481 e. The summed E-state index contributed by atoms with van der Waals surface area (Å²) in [4.78, 5) is 22.7. The van der Waals surface area contributed by atoms with Gasteiger partial charge in [-0.2, -0.15) is 0 Å². The van der Waals surface area contributed by atoms with Crippen LogP contribution < -0.4 is 10.6 Å². The number of nitrogens with one attached hydrogen (secondary N) is 2. The Hall–Kier alpha value is -2.11. The number of carboxylic acid groups (broad SMARTS) is 1. The fourth-order valence-electron chi connectivity index (χ4n) is 2.06. The Morgan fingerprint density at radius 1 is 1.37 bits per heavy atom. The molecule has 0 heterocycles. The maximum absolute atomic E-state index is 12.9. The zero-order valence-corrected chi connectivity index (χ0v) is 10.3. The molecule has 6 heteroatoms. The van der Waals surface area contributed by atoms with Crippen molar-refractivity contribution in [2.24, 2.45) is 5.41 Å². The highest BCUT2D eigenvalue weighted by atomic mass is 19.1. The van der Waals surface area contributed by atoms with E-state index in [-0.39, 0.29) is 6.54 Å². The summed E-state index contributed by atoms with van der Waals surface area (Å²) in [5.74, 6) is -1.33. The van der Waals surface area contributed by atoms with E-state index in [2.05, 4.69) is 10.6 Å². The molecule has 5 nitrogen and oxygen atoms in total. The van der Waals surface area contributed by atoms with E-state index >= 15 is 0 Å². The van der Waals surface area contributed by atoms with Crippen LogP contribution in [0.4, 0.5) is 14.9 Å². The Kier molecular flexibility index (Phi) is 3.69. The zero-order valence-electron chi connectivity index (χ0n) is 10.3. The van der Waals surface area contributed by atoms with E-state index < -0.39 is 23.2 Å². The smallest absolute Gasteiger partial charge is 0.319 e. The Morgan fingerprint density at radius 3 is 2.63 bits per heavy atom.